The summed E-state index contributed by atoms with van der Waals surface area (Å²) in [5.74, 6) is -1.18. The van der Waals surface area contributed by atoms with E-state index in [0.717, 1.165) is 0 Å². The molecule has 1 fully saturated rings. The van der Waals surface area contributed by atoms with Gasteiger partial charge in [-0.25, -0.2) is 18.3 Å². The number of anilines is 1. The van der Waals surface area contributed by atoms with E-state index in [-0.39, 0.29) is 30.5 Å². The van der Waals surface area contributed by atoms with E-state index in [9.17, 15) is 18.4 Å². The van der Waals surface area contributed by atoms with Crippen molar-refractivity contribution < 1.29 is 23.1 Å². The number of carbonyl (C=O) groups excluding carboxylic acids is 2. The van der Waals surface area contributed by atoms with E-state index in [0.29, 0.717) is 16.9 Å². The summed E-state index contributed by atoms with van der Waals surface area (Å²) in [5.41, 5.74) is 1.80. The second kappa shape index (κ2) is 7.94. The molecule has 1 aromatic heterocycles. The minimum Gasteiger partial charge on any atom is -0.442 e. The molecule has 4 rings (SSSR count). The van der Waals surface area contributed by atoms with Crippen molar-refractivity contribution in [1.29, 1.82) is 0 Å². The highest BCUT2D eigenvalue weighted by molar-refractivity contribution is 5.90. The molecular weight excluding hydrogens is 394 g/mol. The van der Waals surface area contributed by atoms with Gasteiger partial charge in [0.2, 0.25) is 5.91 Å². The van der Waals surface area contributed by atoms with Crippen LogP contribution in [-0.2, 0) is 9.53 Å². The minimum atomic E-state index is -0.608. The van der Waals surface area contributed by atoms with Gasteiger partial charge in [0.15, 0.2) is 5.82 Å². The van der Waals surface area contributed by atoms with Crippen molar-refractivity contribution in [3.63, 3.8) is 0 Å². The van der Waals surface area contributed by atoms with Gasteiger partial charge >= 0.3 is 6.09 Å². The first-order valence-electron chi connectivity index (χ1n) is 9.25. The summed E-state index contributed by atoms with van der Waals surface area (Å²) in [7, 11) is 0. The van der Waals surface area contributed by atoms with Gasteiger partial charge in [-0.2, -0.15) is 5.10 Å². The lowest BCUT2D eigenvalue weighted by atomic mass is 10.1. The zero-order valence-electron chi connectivity index (χ0n) is 16.0. The molecule has 0 spiro atoms. The van der Waals surface area contributed by atoms with Gasteiger partial charge in [-0.1, -0.05) is 0 Å². The fraction of sp³-hybridized carbons (Fsp3) is 0.190. The van der Waals surface area contributed by atoms with Crippen molar-refractivity contribution in [2.24, 2.45) is 0 Å². The molecule has 1 atom stereocenters. The van der Waals surface area contributed by atoms with Gasteiger partial charge in [0.05, 0.1) is 30.7 Å². The zero-order chi connectivity index (χ0) is 21.3. The number of benzene rings is 2. The van der Waals surface area contributed by atoms with Crippen LogP contribution in [0.1, 0.15) is 6.92 Å². The summed E-state index contributed by atoms with van der Waals surface area (Å²) in [6, 6.07) is 11.9. The fourth-order valence-corrected chi connectivity index (χ4v) is 3.27. The number of aromatic nitrogens is 2. The molecule has 0 saturated carbocycles. The number of rotatable bonds is 5. The first-order chi connectivity index (χ1) is 14.4. The molecule has 0 bridgehead atoms. The molecule has 30 heavy (non-hydrogen) atoms. The molecule has 0 aliphatic carbocycles. The van der Waals surface area contributed by atoms with E-state index in [1.807, 2.05) is 0 Å². The first-order valence-corrected chi connectivity index (χ1v) is 9.25. The van der Waals surface area contributed by atoms with Crippen molar-refractivity contribution in [3.05, 3.63) is 66.4 Å². The number of halogens is 2. The number of nitrogens with one attached hydrogen (secondary N) is 1. The predicted octanol–water partition coefficient (Wildman–Crippen LogP) is 3.28. The Kier molecular flexibility index (Phi) is 5.18. The van der Waals surface area contributed by atoms with Gasteiger partial charge in [-0.3, -0.25) is 9.69 Å². The van der Waals surface area contributed by atoms with E-state index in [1.54, 1.807) is 24.3 Å². The molecular formula is C21H18F2N4O3. The summed E-state index contributed by atoms with van der Waals surface area (Å²) < 4.78 is 34.8. The monoisotopic (exact) mass is 412 g/mol. The van der Waals surface area contributed by atoms with Crippen molar-refractivity contribution >= 4 is 17.7 Å². The maximum Gasteiger partial charge on any atom is 0.414 e. The molecule has 7 nitrogen and oxygen atoms in total. The van der Waals surface area contributed by atoms with Crippen LogP contribution in [0.5, 0.6) is 0 Å². The molecule has 2 aromatic carbocycles. The Balaban J connectivity index is 1.58. The third kappa shape index (κ3) is 3.86. The second-order valence-corrected chi connectivity index (χ2v) is 6.82. The molecule has 1 saturated heterocycles. The molecule has 9 heteroatoms. The van der Waals surface area contributed by atoms with Gasteiger partial charge in [0.25, 0.3) is 0 Å². The fourth-order valence-electron chi connectivity index (χ4n) is 3.27. The lowest BCUT2D eigenvalue weighted by molar-refractivity contribution is -0.119. The highest BCUT2D eigenvalue weighted by Crippen LogP contribution is 2.28. The van der Waals surface area contributed by atoms with Gasteiger partial charge in [0, 0.05) is 12.5 Å². The lowest BCUT2D eigenvalue weighted by Gasteiger charge is -2.15. The molecule has 1 N–H and O–H groups in total. The number of ether oxygens (including phenoxy) is 1. The van der Waals surface area contributed by atoms with Crippen molar-refractivity contribution in [2.75, 3.05) is 18.0 Å². The Labute approximate surface area is 170 Å². The molecule has 1 aliphatic heterocycles. The number of carbonyl (C=O) groups is 2. The second-order valence-electron chi connectivity index (χ2n) is 6.82. The zero-order valence-corrected chi connectivity index (χ0v) is 16.0. The summed E-state index contributed by atoms with van der Waals surface area (Å²) in [5, 5.41) is 6.77. The van der Waals surface area contributed by atoms with E-state index in [2.05, 4.69) is 10.4 Å². The van der Waals surface area contributed by atoms with Gasteiger partial charge in [-0.05, 0) is 48.5 Å². The van der Waals surface area contributed by atoms with Crippen LogP contribution in [0.25, 0.3) is 16.9 Å². The van der Waals surface area contributed by atoms with Gasteiger partial charge in [0.1, 0.15) is 17.6 Å². The molecule has 0 unspecified atom stereocenters. The average molecular weight is 412 g/mol. The molecule has 2 amide bonds. The molecule has 3 aromatic rings. The Morgan fingerprint density at radius 2 is 1.97 bits per heavy atom. The number of cyclic esters (lactones) is 1. The number of amides is 2. The highest BCUT2D eigenvalue weighted by Gasteiger charge is 2.32. The van der Waals surface area contributed by atoms with Crippen LogP contribution in [0, 0.1) is 11.6 Å². The number of hydrogen-bond donors (Lipinski definition) is 1. The van der Waals surface area contributed by atoms with Crippen LogP contribution in [-0.4, -0.2) is 41.0 Å². The predicted molar refractivity (Wildman–Crippen MR) is 105 cm³/mol. The molecule has 154 valence electrons. The summed E-state index contributed by atoms with van der Waals surface area (Å²) in [6.07, 6.45) is 0.403. The largest absolute Gasteiger partial charge is 0.442 e. The Morgan fingerprint density at radius 3 is 2.67 bits per heavy atom. The maximum atomic E-state index is 14.9. The standard InChI is InChI=1S/C21H18F2N4O3/c1-13(28)24-11-17-12-26(21(29)30-17)16-6-7-20(18(23)10-16)27-19(8-9-25-27)14-2-4-15(22)5-3-14/h2-10,17H,11-12H2,1H3,(H,24,28)/t17-/m0/s1. The van der Waals surface area contributed by atoms with E-state index < -0.39 is 18.0 Å². The minimum absolute atomic E-state index is 0.186. The molecule has 0 radical (unpaired) electrons. The highest BCUT2D eigenvalue weighted by atomic mass is 19.1. The lowest BCUT2D eigenvalue weighted by Crippen LogP contribution is -2.33. The van der Waals surface area contributed by atoms with Crippen LogP contribution in [0.4, 0.5) is 19.3 Å². The summed E-state index contributed by atoms with van der Waals surface area (Å²) in [6.45, 7) is 1.76. The van der Waals surface area contributed by atoms with Gasteiger partial charge < -0.3 is 10.1 Å². The van der Waals surface area contributed by atoms with Crippen molar-refractivity contribution in [2.45, 2.75) is 13.0 Å². The third-order valence-electron chi connectivity index (χ3n) is 4.71. The quantitative estimate of drug-likeness (QED) is 0.698. The smallest absolute Gasteiger partial charge is 0.414 e. The van der Waals surface area contributed by atoms with E-state index >= 15 is 0 Å². The van der Waals surface area contributed by atoms with Crippen LogP contribution in [0.2, 0.25) is 0 Å². The number of nitrogens with zero attached hydrogens (tertiary/aromatic N) is 3. The molecule has 2 heterocycles. The Hall–Kier alpha value is -3.75. The van der Waals surface area contributed by atoms with Crippen molar-refractivity contribution in [1.82, 2.24) is 15.1 Å². The van der Waals surface area contributed by atoms with E-state index in [1.165, 1.54) is 47.0 Å². The molecule has 1 aliphatic rings. The SMILES string of the molecule is CC(=O)NC[C@H]1CN(c2ccc(-n3nccc3-c3ccc(F)cc3)c(F)c2)C(=O)O1. The topological polar surface area (TPSA) is 76.5 Å². The number of hydrogen-bond acceptors (Lipinski definition) is 4. The van der Waals surface area contributed by atoms with Crippen LogP contribution >= 0.6 is 0 Å². The Bertz CT molecular complexity index is 1100. The van der Waals surface area contributed by atoms with Crippen molar-refractivity contribution in [3.8, 4) is 16.9 Å². The normalized spacial score (nSPS) is 15.9. The van der Waals surface area contributed by atoms with Crippen LogP contribution < -0.4 is 10.2 Å². The third-order valence-corrected chi connectivity index (χ3v) is 4.71. The van der Waals surface area contributed by atoms with Crippen LogP contribution in [0.15, 0.2) is 54.7 Å². The Morgan fingerprint density at radius 1 is 1.20 bits per heavy atom. The summed E-state index contributed by atoms with van der Waals surface area (Å²) in [4.78, 5) is 24.5. The average Bonchev–Trinajstić information content (AvgIpc) is 3.33. The van der Waals surface area contributed by atoms with Gasteiger partial charge in [-0.15, -0.1) is 0 Å². The summed E-state index contributed by atoms with van der Waals surface area (Å²) >= 11 is 0. The first kappa shape index (κ1) is 19.6. The van der Waals surface area contributed by atoms with Crippen LogP contribution in [0.3, 0.4) is 0 Å². The maximum absolute atomic E-state index is 14.9. The van der Waals surface area contributed by atoms with E-state index in [4.69, 9.17) is 4.74 Å².